The van der Waals surface area contributed by atoms with Crippen LogP contribution in [0.15, 0.2) is 47.5 Å². The summed E-state index contributed by atoms with van der Waals surface area (Å²) in [5, 5.41) is 18.9. The minimum atomic E-state index is -3.82. The van der Waals surface area contributed by atoms with Crippen molar-refractivity contribution < 1.29 is 18.3 Å². The molecule has 0 radical (unpaired) electrons. The zero-order valence-electron chi connectivity index (χ0n) is 25.3. The molecule has 5 heterocycles. The summed E-state index contributed by atoms with van der Waals surface area (Å²) in [6.45, 7) is 10.9. The molecule has 0 bridgehead atoms. The van der Waals surface area contributed by atoms with E-state index in [9.17, 15) is 18.3 Å². The molecule has 3 atom stereocenters. The first-order valence-electron chi connectivity index (χ1n) is 14.8. The normalized spacial score (nSPS) is 19.8. The summed E-state index contributed by atoms with van der Waals surface area (Å²) < 4.78 is 31.8. The number of benzene rings is 1. The maximum Gasteiger partial charge on any atom is 0.307 e. The van der Waals surface area contributed by atoms with E-state index >= 15 is 0 Å². The van der Waals surface area contributed by atoms with Crippen molar-refractivity contribution in [1.29, 1.82) is 0 Å². The SMILES string of the molecule is Cc1ccc(C(c2cc(C)n3c(C)nnc3c2C)C(C)C(=O)O)cc1CN1C[C@@H]2CCCCN2c2ncccc2S1(=O)=O. The second-order valence-corrected chi connectivity index (χ2v) is 13.9. The molecule has 43 heavy (non-hydrogen) atoms. The number of hydrogen-bond acceptors (Lipinski definition) is 7. The van der Waals surface area contributed by atoms with Crippen LogP contribution in [-0.4, -0.2) is 62.5 Å². The summed E-state index contributed by atoms with van der Waals surface area (Å²) in [6.07, 6.45) is 4.63. The van der Waals surface area contributed by atoms with Gasteiger partial charge in [0.15, 0.2) is 5.65 Å². The first kappa shape index (κ1) is 29.3. The van der Waals surface area contributed by atoms with E-state index in [1.165, 1.54) is 0 Å². The monoisotopic (exact) mass is 602 g/mol. The molecule has 0 spiro atoms. The van der Waals surface area contributed by atoms with Gasteiger partial charge in [0.2, 0.25) is 10.0 Å². The Hall–Kier alpha value is -3.83. The Bertz CT molecular complexity index is 1840. The lowest BCUT2D eigenvalue weighted by Gasteiger charge is -2.36. The van der Waals surface area contributed by atoms with Gasteiger partial charge in [-0.25, -0.2) is 13.4 Å². The summed E-state index contributed by atoms with van der Waals surface area (Å²) >= 11 is 0. The van der Waals surface area contributed by atoms with Gasteiger partial charge in [0.25, 0.3) is 0 Å². The topological polar surface area (TPSA) is 121 Å². The number of sulfonamides is 1. The highest BCUT2D eigenvalue weighted by molar-refractivity contribution is 7.89. The largest absolute Gasteiger partial charge is 0.481 e. The molecule has 11 heteroatoms. The average Bonchev–Trinajstić information content (AvgIpc) is 3.35. The molecule has 0 saturated carbocycles. The number of carboxylic acids is 1. The Balaban J connectivity index is 1.44. The minimum Gasteiger partial charge on any atom is -0.481 e. The lowest BCUT2D eigenvalue weighted by molar-refractivity contribution is -0.141. The van der Waals surface area contributed by atoms with Crippen LogP contribution in [-0.2, 0) is 21.4 Å². The third-order valence-electron chi connectivity index (χ3n) is 9.30. The van der Waals surface area contributed by atoms with Crippen molar-refractivity contribution >= 4 is 27.5 Å². The number of piperidine rings is 1. The lowest BCUT2D eigenvalue weighted by atomic mass is 9.79. The predicted molar refractivity (Wildman–Crippen MR) is 164 cm³/mol. The van der Waals surface area contributed by atoms with Crippen molar-refractivity contribution in [3.63, 3.8) is 0 Å². The zero-order chi connectivity index (χ0) is 30.6. The fourth-order valence-electron chi connectivity index (χ4n) is 6.89. The zero-order valence-corrected chi connectivity index (χ0v) is 26.1. The van der Waals surface area contributed by atoms with Gasteiger partial charge < -0.3 is 10.0 Å². The molecular weight excluding hydrogens is 564 g/mol. The number of anilines is 1. The van der Waals surface area contributed by atoms with Crippen LogP contribution in [0.5, 0.6) is 0 Å². The van der Waals surface area contributed by atoms with Crippen LogP contribution >= 0.6 is 0 Å². The van der Waals surface area contributed by atoms with Gasteiger partial charge in [0.05, 0.1) is 5.92 Å². The quantitative estimate of drug-likeness (QED) is 0.335. The van der Waals surface area contributed by atoms with E-state index < -0.39 is 27.8 Å². The number of hydrogen-bond donors (Lipinski definition) is 1. The number of carboxylic acid groups (broad SMARTS) is 1. The van der Waals surface area contributed by atoms with Crippen molar-refractivity contribution in [1.82, 2.24) is 23.9 Å². The number of nitrogens with zero attached hydrogens (tertiary/aromatic N) is 6. The van der Waals surface area contributed by atoms with Gasteiger partial charge in [0, 0.05) is 43.5 Å². The Kier molecular flexibility index (Phi) is 7.50. The fraction of sp³-hybridized carbons (Fsp3) is 0.438. The number of fused-ring (bicyclic) bond motifs is 4. The number of aromatic nitrogens is 4. The molecule has 2 unspecified atom stereocenters. The van der Waals surface area contributed by atoms with Crippen LogP contribution in [0.25, 0.3) is 5.65 Å². The molecule has 4 aromatic rings. The number of rotatable bonds is 6. The van der Waals surface area contributed by atoms with Gasteiger partial charge in [-0.2, -0.15) is 4.31 Å². The molecule has 1 fully saturated rings. The van der Waals surface area contributed by atoms with Crippen LogP contribution in [0.3, 0.4) is 0 Å². The molecule has 0 aliphatic carbocycles. The highest BCUT2D eigenvalue weighted by Crippen LogP contribution is 2.39. The van der Waals surface area contributed by atoms with Gasteiger partial charge in [-0.1, -0.05) is 25.1 Å². The molecule has 226 valence electrons. The number of pyridine rings is 2. The van der Waals surface area contributed by atoms with E-state index in [2.05, 4.69) is 20.1 Å². The van der Waals surface area contributed by atoms with Gasteiger partial charge >= 0.3 is 5.97 Å². The highest BCUT2D eigenvalue weighted by atomic mass is 32.2. The molecule has 1 aromatic carbocycles. The maximum atomic E-state index is 14.1. The predicted octanol–water partition coefficient (Wildman–Crippen LogP) is 4.77. The van der Waals surface area contributed by atoms with E-state index in [1.54, 1.807) is 29.6 Å². The molecule has 1 N–H and O–H groups in total. The summed E-state index contributed by atoms with van der Waals surface area (Å²) in [6, 6.07) is 11.4. The van der Waals surface area contributed by atoms with Crippen LogP contribution in [0, 0.1) is 33.6 Å². The molecule has 6 rings (SSSR count). The molecular formula is C32H38N6O4S. The molecule has 1 saturated heterocycles. The summed E-state index contributed by atoms with van der Waals surface area (Å²) in [4.78, 5) is 19.4. The van der Waals surface area contributed by atoms with Gasteiger partial charge in [-0.3, -0.25) is 9.20 Å². The Morgan fingerprint density at radius 2 is 1.88 bits per heavy atom. The van der Waals surface area contributed by atoms with Gasteiger partial charge in [0.1, 0.15) is 16.5 Å². The van der Waals surface area contributed by atoms with E-state index in [4.69, 9.17) is 0 Å². The third kappa shape index (κ3) is 4.98. The van der Waals surface area contributed by atoms with Crippen LogP contribution < -0.4 is 4.90 Å². The molecule has 2 aliphatic rings. The van der Waals surface area contributed by atoms with Crippen molar-refractivity contribution in [3.8, 4) is 0 Å². The number of carbonyl (C=O) groups is 1. The lowest BCUT2D eigenvalue weighted by Crippen LogP contribution is -2.45. The highest BCUT2D eigenvalue weighted by Gasteiger charge is 2.39. The molecule has 3 aromatic heterocycles. The fourth-order valence-corrected chi connectivity index (χ4v) is 8.50. The first-order valence-corrected chi connectivity index (χ1v) is 16.3. The summed E-state index contributed by atoms with van der Waals surface area (Å²) in [5.74, 6) is -0.804. The van der Waals surface area contributed by atoms with Crippen molar-refractivity contribution in [3.05, 3.63) is 81.9 Å². The molecule has 2 aliphatic heterocycles. The van der Waals surface area contributed by atoms with Crippen molar-refractivity contribution in [2.75, 3.05) is 18.0 Å². The van der Waals surface area contributed by atoms with Crippen molar-refractivity contribution in [2.24, 2.45) is 5.92 Å². The molecule has 0 amide bonds. The van der Waals surface area contributed by atoms with Crippen LogP contribution in [0.2, 0.25) is 0 Å². The van der Waals surface area contributed by atoms with Gasteiger partial charge in [-0.05, 0) is 93.0 Å². The molecule has 10 nitrogen and oxygen atoms in total. The van der Waals surface area contributed by atoms with E-state index in [-0.39, 0.29) is 17.5 Å². The third-order valence-corrected chi connectivity index (χ3v) is 11.1. The van der Waals surface area contributed by atoms with E-state index in [0.717, 1.165) is 65.1 Å². The second kappa shape index (κ2) is 11.0. The van der Waals surface area contributed by atoms with E-state index in [1.807, 2.05) is 56.4 Å². The summed E-state index contributed by atoms with van der Waals surface area (Å²) in [5.41, 5.74) is 6.02. The average molecular weight is 603 g/mol. The van der Waals surface area contributed by atoms with E-state index in [0.29, 0.717) is 18.0 Å². The summed E-state index contributed by atoms with van der Waals surface area (Å²) in [7, 11) is -3.82. The maximum absolute atomic E-state index is 14.1. The first-order chi connectivity index (χ1) is 20.5. The van der Waals surface area contributed by atoms with Crippen LogP contribution in [0.4, 0.5) is 5.82 Å². The minimum absolute atomic E-state index is 0.0481. The van der Waals surface area contributed by atoms with Crippen LogP contribution in [0.1, 0.15) is 71.4 Å². The Morgan fingerprint density at radius 1 is 1.09 bits per heavy atom. The second-order valence-electron chi connectivity index (χ2n) is 12.0. The Labute approximate surface area is 252 Å². The number of aliphatic carboxylic acids is 1. The number of aryl methyl sites for hydroxylation is 4. The standard InChI is InChI=1S/C32H38N6O4S/c1-19-11-12-24(29(22(4)32(39)40)27-15-20(2)38-23(5)34-35-30(38)21(27)3)16-25(19)17-36-18-26-9-6-7-14-37(26)31-28(43(36,41)42)10-8-13-33-31/h8,10-13,15-16,22,26,29H,6-7,9,14,17-18H2,1-5H3,(H,39,40)/t22?,26-,29?/m0/s1. The smallest absolute Gasteiger partial charge is 0.307 e. The van der Waals surface area contributed by atoms with Gasteiger partial charge in [-0.15, -0.1) is 10.2 Å². The van der Waals surface area contributed by atoms with Crippen molar-refractivity contribution in [2.45, 2.75) is 77.3 Å². The Morgan fingerprint density at radius 3 is 2.65 bits per heavy atom.